The molecule has 126 valence electrons. The molecule has 3 aromatic rings. The van der Waals surface area contributed by atoms with Crippen LogP contribution >= 0.6 is 0 Å². The predicted molar refractivity (Wildman–Crippen MR) is 89.6 cm³/mol. The van der Waals surface area contributed by atoms with E-state index in [9.17, 15) is 9.18 Å². The van der Waals surface area contributed by atoms with Crippen molar-refractivity contribution >= 4 is 11.9 Å². The second-order valence-corrected chi connectivity index (χ2v) is 5.30. The van der Waals surface area contributed by atoms with Crippen LogP contribution in [0.25, 0.3) is 6.08 Å². The molecule has 2 aromatic carbocycles. The summed E-state index contributed by atoms with van der Waals surface area (Å²) in [7, 11) is 0. The molecule has 0 atom stereocenters. The second-order valence-electron chi connectivity index (χ2n) is 5.30. The van der Waals surface area contributed by atoms with Crippen molar-refractivity contribution in [3.8, 4) is 5.75 Å². The van der Waals surface area contributed by atoms with Crippen molar-refractivity contribution in [2.45, 2.75) is 13.5 Å². The number of hydrogen-bond donors (Lipinski definition) is 0. The third-order valence-corrected chi connectivity index (χ3v) is 3.35. The molecule has 0 amide bonds. The lowest BCUT2D eigenvalue weighted by atomic mass is 10.1. The fourth-order valence-corrected chi connectivity index (χ4v) is 2.13. The average Bonchev–Trinajstić information content (AvgIpc) is 3.04. The number of rotatable bonds is 6. The maximum absolute atomic E-state index is 13.1. The number of aryl methyl sites for hydroxylation is 1. The van der Waals surface area contributed by atoms with Gasteiger partial charge in [-0.05, 0) is 35.9 Å². The van der Waals surface area contributed by atoms with Crippen LogP contribution in [0.4, 0.5) is 4.39 Å². The smallest absolute Gasteiger partial charge is 0.223 e. The SMILES string of the molecule is Cc1nc(COc2ccc(C=CC(=O)c3cccc(F)c3)cc2)no1. The van der Waals surface area contributed by atoms with E-state index in [0.717, 1.165) is 5.56 Å². The molecule has 3 rings (SSSR count). The number of ketones is 1. The van der Waals surface area contributed by atoms with E-state index in [2.05, 4.69) is 10.1 Å². The Kier molecular flexibility index (Phi) is 4.99. The zero-order chi connectivity index (χ0) is 17.6. The van der Waals surface area contributed by atoms with Gasteiger partial charge in [0.25, 0.3) is 0 Å². The Balaban J connectivity index is 1.59. The normalized spacial score (nSPS) is 11.0. The summed E-state index contributed by atoms with van der Waals surface area (Å²) >= 11 is 0. The number of aromatic nitrogens is 2. The second kappa shape index (κ2) is 7.53. The first-order chi connectivity index (χ1) is 12.1. The zero-order valence-corrected chi connectivity index (χ0v) is 13.5. The van der Waals surface area contributed by atoms with Crippen LogP contribution in [-0.2, 0) is 6.61 Å². The molecule has 1 aromatic heterocycles. The number of hydrogen-bond acceptors (Lipinski definition) is 5. The van der Waals surface area contributed by atoms with Crippen molar-refractivity contribution in [2.75, 3.05) is 0 Å². The maximum Gasteiger partial charge on any atom is 0.223 e. The molecular weight excluding hydrogens is 323 g/mol. The molecule has 0 fully saturated rings. The molecule has 0 bridgehead atoms. The van der Waals surface area contributed by atoms with E-state index in [-0.39, 0.29) is 12.4 Å². The van der Waals surface area contributed by atoms with Gasteiger partial charge in [-0.3, -0.25) is 4.79 Å². The first kappa shape index (κ1) is 16.6. The van der Waals surface area contributed by atoms with Crippen LogP contribution in [0.5, 0.6) is 5.75 Å². The Bertz CT molecular complexity index is 901. The van der Waals surface area contributed by atoms with Gasteiger partial charge in [-0.2, -0.15) is 4.98 Å². The highest BCUT2D eigenvalue weighted by Gasteiger charge is 2.04. The predicted octanol–water partition coefficient (Wildman–Crippen LogP) is 3.99. The van der Waals surface area contributed by atoms with Gasteiger partial charge in [0.15, 0.2) is 12.4 Å². The minimum atomic E-state index is -0.433. The summed E-state index contributed by atoms with van der Waals surface area (Å²) in [5.41, 5.74) is 1.14. The van der Waals surface area contributed by atoms with Gasteiger partial charge in [0.2, 0.25) is 11.7 Å². The molecular formula is C19H15FN2O3. The fourth-order valence-electron chi connectivity index (χ4n) is 2.13. The Morgan fingerprint density at radius 3 is 2.72 bits per heavy atom. The van der Waals surface area contributed by atoms with Crippen LogP contribution in [0.2, 0.25) is 0 Å². The molecule has 6 heteroatoms. The highest BCUT2D eigenvalue weighted by Crippen LogP contribution is 2.15. The van der Waals surface area contributed by atoms with E-state index in [4.69, 9.17) is 9.26 Å². The van der Waals surface area contributed by atoms with Crippen molar-refractivity contribution in [2.24, 2.45) is 0 Å². The van der Waals surface area contributed by atoms with E-state index in [1.807, 2.05) is 12.1 Å². The lowest BCUT2D eigenvalue weighted by molar-refractivity contribution is 0.104. The quantitative estimate of drug-likeness (QED) is 0.502. The van der Waals surface area contributed by atoms with Gasteiger partial charge in [-0.25, -0.2) is 4.39 Å². The molecule has 0 saturated carbocycles. The maximum atomic E-state index is 13.1. The lowest BCUT2D eigenvalue weighted by Gasteiger charge is -2.03. The van der Waals surface area contributed by atoms with E-state index in [0.29, 0.717) is 23.0 Å². The summed E-state index contributed by atoms with van der Waals surface area (Å²) < 4.78 is 23.5. The Morgan fingerprint density at radius 1 is 1.24 bits per heavy atom. The number of halogens is 1. The topological polar surface area (TPSA) is 65.2 Å². The molecule has 0 spiro atoms. The molecule has 0 aliphatic heterocycles. The fraction of sp³-hybridized carbons (Fsp3) is 0.105. The largest absolute Gasteiger partial charge is 0.485 e. The molecule has 0 unspecified atom stereocenters. The van der Waals surface area contributed by atoms with Crippen molar-refractivity contribution in [3.05, 3.63) is 83.3 Å². The highest BCUT2D eigenvalue weighted by molar-refractivity contribution is 6.06. The van der Waals surface area contributed by atoms with Gasteiger partial charge in [0, 0.05) is 12.5 Å². The average molecular weight is 338 g/mol. The van der Waals surface area contributed by atoms with Crippen molar-refractivity contribution < 1.29 is 18.4 Å². The van der Waals surface area contributed by atoms with Crippen molar-refractivity contribution in [1.82, 2.24) is 10.1 Å². The van der Waals surface area contributed by atoms with Crippen LogP contribution in [0, 0.1) is 12.7 Å². The standard InChI is InChI=1S/C19H15FN2O3/c1-13-21-19(22-25-13)12-24-17-8-5-14(6-9-17)7-10-18(23)15-3-2-4-16(20)11-15/h2-11H,12H2,1H3. The lowest BCUT2D eigenvalue weighted by Crippen LogP contribution is -1.97. The molecule has 0 N–H and O–H groups in total. The van der Waals surface area contributed by atoms with Gasteiger partial charge in [-0.15, -0.1) is 0 Å². The van der Waals surface area contributed by atoms with Gasteiger partial charge in [0.1, 0.15) is 11.6 Å². The van der Waals surface area contributed by atoms with Crippen LogP contribution in [0.15, 0.2) is 59.1 Å². The van der Waals surface area contributed by atoms with Crippen LogP contribution in [0.3, 0.4) is 0 Å². The molecule has 0 saturated heterocycles. The molecule has 0 aliphatic carbocycles. The summed E-state index contributed by atoms with van der Waals surface area (Å²) in [6.45, 7) is 1.92. The number of nitrogens with zero attached hydrogens (tertiary/aromatic N) is 2. The Labute approximate surface area is 143 Å². The monoisotopic (exact) mass is 338 g/mol. The number of allylic oxidation sites excluding steroid dienone is 1. The van der Waals surface area contributed by atoms with Crippen LogP contribution < -0.4 is 4.74 Å². The number of carbonyl (C=O) groups is 1. The van der Waals surface area contributed by atoms with Crippen molar-refractivity contribution in [1.29, 1.82) is 0 Å². The summed E-state index contributed by atoms with van der Waals surface area (Å²) in [4.78, 5) is 16.0. The summed E-state index contributed by atoms with van der Waals surface area (Å²) in [5.74, 6) is 0.921. The zero-order valence-electron chi connectivity index (χ0n) is 13.5. The molecule has 1 heterocycles. The number of ether oxygens (including phenoxy) is 1. The molecule has 5 nitrogen and oxygen atoms in total. The van der Waals surface area contributed by atoms with E-state index < -0.39 is 5.82 Å². The minimum Gasteiger partial charge on any atom is -0.485 e. The van der Waals surface area contributed by atoms with Gasteiger partial charge < -0.3 is 9.26 Å². The van der Waals surface area contributed by atoms with E-state index in [1.54, 1.807) is 31.2 Å². The van der Waals surface area contributed by atoms with E-state index >= 15 is 0 Å². The van der Waals surface area contributed by atoms with Gasteiger partial charge >= 0.3 is 0 Å². The molecule has 25 heavy (non-hydrogen) atoms. The number of benzene rings is 2. The van der Waals surface area contributed by atoms with Gasteiger partial charge in [-0.1, -0.05) is 35.5 Å². The highest BCUT2D eigenvalue weighted by atomic mass is 19.1. The Hall–Kier alpha value is -3.28. The van der Waals surface area contributed by atoms with Crippen molar-refractivity contribution in [3.63, 3.8) is 0 Å². The van der Waals surface area contributed by atoms with Gasteiger partial charge in [0.05, 0.1) is 0 Å². The first-order valence-electron chi connectivity index (χ1n) is 7.60. The number of carbonyl (C=O) groups excluding carboxylic acids is 1. The van der Waals surface area contributed by atoms with Crippen LogP contribution in [0.1, 0.15) is 27.6 Å². The van der Waals surface area contributed by atoms with Crippen LogP contribution in [-0.4, -0.2) is 15.9 Å². The summed E-state index contributed by atoms with van der Waals surface area (Å²) in [6.07, 6.45) is 3.08. The first-order valence-corrected chi connectivity index (χ1v) is 7.60. The third-order valence-electron chi connectivity index (χ3n) is 3.35. The van der Waals surface area contributed by atoms with E-state index in [1.165, 1.54) is 24.3 Å². The minimum absolute atomic E-state index is 0.213. The Morgan fingerprint density at radius 2 is 2.04 bits per heavy atom. The molecule has 0 aliphatic rings. The summed E-state index contributed by atoms with van der Waals surface area (Å²) in [5, 5.41) is 3.75. The summed E-state index contributed by atoms with van der Waals surface area (Å²) in [6, 6.07) is 12.8. The third kappa shape index (κ3) is 4.60. The molecule has 0 radical (unpaired) electrons.